The van der Waals surface area contributed by atoms with Gasteiger partial charge in [0.05, 0.1) is 0 Å². The van der Waals surface area contributed by atoms with E-state index in [9.17, 15) is 4.79 Å². The summed E-state index contributed by atoms with van der Waals surface area (Å²) < 4.78 is 0. The highest BCUT2D eigenvalue weighted by Gasteiger charge is 2.33. The molecule has 0 aromatic carbocycles. The molecule has 1 heteroatoms. The normalized spacial score (nSPS) is 27.0. The molecule has 0 aromatic rings. The van der Waals surface area contributed by atoms with Crippen molar-refractivity contribution in [1.29, 1.82) is 0 Å². The van der Waals surface area contributed by atoms with Crippen molar-refractivity contribution in [2.24, 2.45) is 11.3 Å². The van der Waals surface area contributed by atoms with Gasteiger partial charge < -0.3 is 0 Å². The fraction of sp³-hybridized carbons (Fsp3) is 0.727. The second-order valence-electron chi connectivity index (χ2n) is 4.47. The van der Waals surface area contributed by atoms with Gasteiger partial charge in [0.1, 0.15) is 5.78 Å². The molecule has 0 aromatic heterocycles. The highest BCUT2D eigenvalue weighted by atomic mass is 16.1. The highest BCUT2D eigenvalue weighted by molar-refractivity contribution is 5.78. The molecule has 1 atom stereocenters. The molecular weight excluding hydrogens is 148 g/mol. The average Bonchev–Trinajstić information content (AvgIpc) is 2.15. The number of ketones is 1. The Morgan fingerprint density at radius 3 is 2.58 bits per heavy atom. The molecule has 0 aliphatic heterocycles. The van der Waals surface area contributed by atoms with Gasteiger partial charge in [-0.05, 0) is 24.7 Å². The highest BCUT2D eigenvalue weighted by Crippen LogP contribution is 2.44. The summed E-state index contributed by atoms with van der Waals surface area (Å²) in [4.78, 5) is 11.0. The Morgan fingerprint density at radius 1 is 1.67 bits per heavy atom. The Hall–Kier alpha value is -0.590. The molecule has 68 valence electrons. The third-order valence-corrected chi connectivity index (χ3v) is 3.22. The molecule has 0 N–H and O–H groups in total. The van der Waals surface area contributed by atoms with Crippen LogP contribution in [0, 0.1) is 11.3 Å². The molecule has 0 heterocycles. The van der Waals surface area contributed by atoms with Gasteiger partial charge in [0.15, 0.2) is 0 Å². The van der Waals surface area contributed by atoms with Crippen molar-refractivity contribution in [3.63, 3.8) is 0 Å². The Kier molecular flexibility index (Phi) is 2.41. The lowest BCUT2D eigenvalue weighted by atomic mass is 9.77. The van der Waals surface area contributed by atoms with Gasteiger partial charge in [-0.1, -0.05) is 32.4 Å². The quantitative estimate of drug-likeness (QED) is 0.576. The maximum absolute atomic E-state index is 11.0. The number of hydrogen-bond acceptors (Lipinski definition) is 1. The van der Waals surface area contributed by atoms with Crippen LogP contribution >= 0.6 is 0 Å². The van der Waals surface area contributed by atoms with Crippen LogP contribution in [0.5, 0.6) is 0 Å². The van der Waals surface area contributed by atoms with E-state index < -0.39 is 0 Å². The predicted molar refractivity (Wildman–Crippen MR) is 50.9 cm³/mol. The van der Waals surface area contributed by atoms with Crippen molar-refractivity contribution in [1.82, 2.24) is 0 Å². The fourth-order valence-electron chi connectivity index (χ4n) is 1.76. The minimum Gasteiger partial charge on any atom is -0.300 e. The zero-order valence-corrected chi connectivity index (χ0v) is 8.48. The van der Waals surface area contributed by atoms with E-state index in [1.165, 1.54) is 5.57 Å². The Balaban J connectivity index is 2.73. The van der Waals surface area contributed by atoms with Crippen LogP contribution in [0.15, 0.2) is 11.6 Å². The van der Waals surface area contributed by atoms with E-state index in [-0.39, 0.29) is 11.2 Å². The van der Waals surface area contributed by atoms with E-state index in [1.807, 2.05) is 0 Å². The van der Waals surface area contributed by atoms with Crippen LogP contribution in [-0.4, -0.2) is 5.78 Å². The lowest BCUT2D eigenvalue weighted by Crippen LogP contribution is -2.19. The van der Waals surface area contributed by atoms with Gasteiger partial charge in [0.2, 0.25) is 0 Å². The van der Waals surface area contributed by atoms with Crippen LogP contribution < -0.4 is 0 Å². The number of hydrogen-bond donors (Lipinski definition) is 0. The maximum atomic E-state index is 11.0. The van der Waals surface area contributed by atoms with Crippen LogP contribution in [0.25, 0.3) is 0 Å². The molecular formula is C11H18O. The number of carbonyl (C=O) groups excluding carboxylic acids is 1. The van der Waals surface area contributed by atoms with E-state index in [0.29, 0.717) is 12.3 Å². The molecule has 1 aliphatic rings. The second-order valence-corrected chi connectivity index (χ2v) is 4.47. The first-order valence-electron chi connectivity index (χ1n) is 4.63. The summed E-state index contributed by atoms with van der Waals surface area (Å²) in [5.41, 5.74) is 1.58. The Labute approximate surface area is 74.9 Å². The first-order valence-corrected chi connectivity index (χ1v) is 4.63. The first-order chi connectivity index (χ1) is 5.44. The summed E-state index contributed by atoms with van der Waals surface area (Å²) in [6, 6.07) is 0. The fourth-order valence-corrected chi connectivity index (χ4v) is 1.76. The van der Waals surface area contributed by atoms with E-state index >= 15 is 0 Å². The maximum Gasteiger partial charge on any atom is 0.133 e. The molecule has 0 radical (unpaired) electrons. The van der Waals surface area contributed by atoms with Crippen molar-refractivity contribution in [2.45, 2.75) is 40.5 Å². The van der Waals surface area contributed by atoms with E-state index in [1.54, 1.807) is 6.92 Å². The zero-order chi connectivity index (χ0) is 9.35. The van der Waals surface area contributed by atoms with Gasteiger partial charge >= 0.3 is 0 Å². The minimum absolute atomic E-state index is 0.242. The second kappa shape index (κ2) is 3.04. The molecule has 1 nitrogen and oxygen atoms in total. The van der Waals surface area contributed by atoms with Gasteiger partial charge in [-0.2, -0.15) is 0 Å². The van der Waals surface area contributed by atoms with Crippen LogP contribution in [0.3, 0.4) is 0 Å². The largest absolute Gasteiger partial charge is 0.300 e. The number of carbonyl (C=O) groups is 1. The number of Topliss-reactive ketones (excluding diaryl/α,β-unsaturated/α-hetero) is 1. The van der Waals surface area contributed by atoms with Crippen LogP contribution in [0.4, 0.5) is 0 Å². The SMILES string of the molecule is CC(=O)CC1=CCC(C)C1(C)C. The average molecular weight is 166 g/mol. The van der Waals surface area contributed by atoms with Crippen molar-refractivity contribution in [3.05, 3.63) is 11.6 Å². The molecule has 0 spiro atoms. The number of allylic oxidation sites excluding steroid dienone is 2. The lowest BCUT2D eigenvalue weighted by molar-refractivity contribution is -0.116. The van der Waals surface area contributed by atoms with Crippen molar-refractivity contribution >= 4 is 5.78 Å². The third-order valence-electron chi connectivity index (χ3n) is 3.22. The van der Waals surface area contributed by atoms with Gasteiger partial charge in [-0.3, -0.25) is 4.79 Å². The van der Waals surface area contributed by atoms with Crippen LogP contribution in [0.1, 0.15) is 40.5 Å². The van der Waals surface area contributed by atoms with Gasteiger partial charge in [0, 0.05) is 6.42 Å². The monoisotopic (exact) mass is 166 g/mol. The summed E-state index contributed by atoms with van der Waals surface area (Å²) >= 11 is 0. The van der Waals surface area contributed by atoms with Gasteiger partial charge in [-0.25, -0.2) is 0 Å². The third kappa shape index (κ3) is 1.60. The van der Waals surface area contributed by atoms with Gasteiger partial charge in [-0.15, -0.1) is 0 Å². The molecule has 0 saturated carbocycles. The molecule has 12 heavy (non-hydrogen) atoms. The summed E-state index contributed by atoms with van der Waals surface area (Å²) in [7, 11) is 0. The molecule has 0 amide bonds. The molecule has 1 unspecified atom stereocenters. The van der Waals surface area contributed by atoms with Crippen LogP contribution in [-0.2, 0) is 4.79 Å². The summed E-state index contributed by atoms with van der Waals surface area (Å²) in [6.07, 6.45) is 4.03. The smallest absolute Gasteiger partial charge is 0.133 e. The topological polar surface area (TPSA) is 17.1 Å². The van der Waals surface area contributed by atoms with E-state index in [2.05, 4.69) is 26.8 Å². The molecule has 0 bridgehead atoms. The van der Waals surface area contributed by atoms with Crippen molar-refractivity contribution < 1.29 is 4.79 Å². The van der Waals surface area contributed by atoms with Crippen molar-refractivity contribution in [3.8, 4) is 0 Å². The van der Waals surface area contributed by atoms with E-state index in [0.717, 1.165) is 6.42 Å². The first kappa shape index (κ1) is 9.50. The summed E-state index contributed by atoms with van der Waals surface area (Å²) in [5, 5.41) is 0. The Bertz CT molecular complexity index is 223. The predicted octanol–water partition coefficient (Wildman–Crippen LogP) is 2.96. The van der Waals surface area contributed by atoms with Crippen LogP contribution in [0.2, 0.25) is 0 Å². The van der Waals surface area contributed by atoms with Gasteiger partial charge in [0.25, 0.3) is 0 Å². The molecule has 1 rings (SSSR count). The standard InChI is InChI=1S/C11H18O/c1-8-5-6-10(7-9(2)12)11(8,3)4/h6,8H,5,7H2,1-4H3. The molecule has 1 aliphatic carbocycles. The summed E-state index contributed by atoms with van der Waals surface area (Å²) in [6.45, 7) is 8.39. The molecule has 0 saturated heterocycles. The number of rotatable bonds is 2. The molecule has 0 fully saturated rings. The zero-order valence-electron chi connectivity index (χ0n) is 8.48. The summed E-state index contributed by atoms with van der Waals surface area (Å²) in [5.74, 6) is 0.968. The Morgan fingerprint density at radius 2 is 2.25 bits per heavy atom. The van der Waals surface area contributed by atoms with Crippen molar-refractivity contribution in [2.75, 3.05) is 0 Å². The van der Waals surface area contributed by atoms with E-state index in [4.69, 9.17) is 0 Å². The lowest BCUT2D eigenvalue weighted by Gasteiger charge is -2.27. The minimum atomic E-state index is 0.242.